The molecule has 5 nitrogen and oxygen atoms in total. The largest absolute Gasteiger partial charge is 0.447 e. The van der Waals surface area contributed by atoms with Gasteiger partial charge in [0, 0.05) is 12.5 Å². The zero-order chi connectivity index (χ0) is 13.6. The second-order valence-electron chi connectivity index (χ2n) is 3.93. The molecule has 0 aliphatic heterocycles. The van der Waals surface area contributed by atoms with Crippen LogP contribution in [0, 0.1) is 12.3 Å². The van der Waals surface area contributed by atoms with Gasteiger partial charge in [0.1, 0.15) is 5.76 Å². The highest BCUT2D eigenvalue weighted by Gasteiger charge is 2.20. The molecule has 1 aromatic heterocycles. The number of rotatable bonds is 7. The Balaban J connectivity index is 2.73. The minimum absolute atomic E-state index is 0.0840. The van der Waals surface area contributed by atoms with Crippen molar-refractivity contribution < 1.29 is 12.8 Å². The third-order valence-corrected chi connectivity index (χ3v) is 3.69. The lowest BCUT2D eigenvalue weighted by Gasteiger charge is -2.09. The lowest BCUT2D eigenvalue weighted by atomic mass is 10.3. The van der Waals surface area contributed by atoms with E-state index >= 15 is 0 Å². The van der Waals surface area contributed by atoms with Gasteiger partial charge in [0.2, 0.25) is 5.09 Å². The van der Waals surface area contributed by atoms with E-state index in [9.17, 15) is 8.42 Å². The molecular weight excluding hydrogens is 252 g/mol. The van der Waals surface area contributed by atoms with Crippen molar-refractivity contribution >= 4 is 10.0 Å². The van der Waals surface area contributed by atoms with Crippen molar-refractivity contribution in [1.29, 1.82) is 0 Å². The quantitative estimate of drug-likeness (QED) is 0.727. The molecule has 1 unspecified atom stereocenters. The van der Waals surface area contributed by atoms with E-state index in [1.54, 1.807) is 13.0 Å². The fourth-order valence-electron chi connectivity index (χ4n) is 1.39. The average Bonchev–Trinajstić information content (AvgIpc) is 2.75. The van der Waals surface area contributed by atoms with E-state index in [1.165, 1.54) is 6.07 Å². The van der Waals surface area contributed by atoms with Crippen LogP contribution in [-0.2, 0) is 16.6 Å². The monoisotopic (exact) mass is 270 g/mol. The molecule has 0 spiro atoms. The highest BCUT2D eigenvalue weighted by atomic mass is 32.2. The van der Waals surface area contributed by atoms with Crippen LogP contribution < -0.4 is 10.0 Å². The summed E-state index contributed by atoms with van der Waals surface area (Å²) in [6, 6.07) is 2.77. The van der Waals surface area contributed by atoms with Crippen molar-refractivity contribution in [2.24, 2.45) is 0 Å². The highest BCUT2D eigenvalue weighted by Crippen LogP contribution is 2.14. The first-order chi connectivity index (χ1) is 8.49. The molecule has 0 bridgehead atoms. The molecule has 0 radical (unpaired) electrons. The standard InChI is InChI=1S/C12H18N2O3S/c1-4-6-10(3)14-18(15,16)12-8-7-11(17-12)9-13-5-2/h1,7-8,10,13-14H,5-6,9H2,2-3H3. The van der Waals surface area contributed by atoms with Gasteiger partial charge in [-0.2, -0.15) is 0 Å². The van der Waals surface area contributed by atoms with Crippen LogP contribution in [0.25, 0.3) is 0 Å². The molecule has 0 saturated heterocycles. The molecule has 0 aliphatic carbocycles. The summed E-state index contributed by atoms with van der Waals surface area (Å²) < 4.78 is 31.5. The Morgan fingerprint density at radius 2 is 2.22 bits per heavy atom. The van der Waals surface area contributed by atoms with Crippen LogP contribution in [0.3, 0.4) is 0 Å². The molecule has 0 amide bonds. The Hall–Kier alpha value is -1.29. The molecule has 100 valence electrons. The summed E-state index contributed by atoms with van der Waals surface area (Å²) >= 11 is 0. The molecule has 0 fully saturated rings. The second kappa shape index (κ2) is 6.59. The van der Waals surface area contributed by atoms with Gasteiger partial charge in [0.15, 0.2) is 0 Å². The van der Waals surface area contributed by atoms with Gasteiger partial charge in [0.05, 0.1) is 6.54 Å². The molecule has 1 aromatic rings. The average molecular weight is 270 g/mol. The summed E-state index contributed by atoms with van der Waals surface area (Å²) in [5.41, 5.74) is 0. The Morgan fingerprint density at radius 1 is 1.50 bits per heavy atom. The first-order valence-electron chi connectivity index (χ1n) is 5.74. The maximum absolute atomic E-state index is 11.9. The van der Waals surface area contributed by atoms with Crippen LogP contribution in [0.4, 0.5) is 0 Å². The van der Waals surface area contributed by atoms with E-state index in [0.717, 1.165) is 6.54 Å². The Kier molecular flexibility index (Phi) is 5.41. The molecule has 0 aromatic carbocycles. The van der Waals surface area contributed by atoms with Gasteiger partial charge in [-0.15, -0.1) is 12.3 Å². The maximum Gasteiger partial charge on any atom is 0.274 e. The van der Waals surface area contributed by atoms with Crippen molar-refractivity contribution in [2.45, 2.75) is 37.9 Å². The molecule has 1 heterocycles. The number of hydrogen-bond acceptors (Lipinski definition) is 4. The molecule has 2 N–H and O–H groups in total. The summed E-state index contributed by atoms with van der Waals surface area (Å²) in [7, 11) is -3.63. The zero-order valence-electron chi connectivity index (χ0n) is 10.6. The van der Waals surface area contributed by atoms with Crippen molar-refractivity contribution in [3.8, 4) is 12.3 Å². The zero-order valence-corrected chi connectivity index (χ0v) is 11.4. The van der Waals surface area contributed by atoms with Crippen LogP contribution >= 0.6 is 0 Å². The van der Waals surface area contributed by atoms with Crippen LogP contribution in [0.2, 0.25) is 0 Å². The first-order valence-corrected chi connectivity index (χ1v) is 7.23. The topological polar surface area (TPSA) is 71.3 Å². The number of furan rings is 1. The van der Waals surface area contributed by atoms with Crippen molar-refractivity contribution in [1.82, 2.24) is 10.0 Å². The second-order valence-corrected chi connectivity index (χ2v) is 5.58. The number of nitrogens with one attached hydrogen (secondary N) is 2. The van der Waals surface area contributed by atoms with Gasteiger partial charge in [-0.25, -0.2) is 13.1 Å². The van der Waals surface area contributed by atoms with Gasteiger partial charge >= 0.3 is 0 Å². The fraction of sp³-hybridized carbons (Fsp3) is 0.500. The third-order valence-electron chi connectivity index (χ3n) is 2.23. The van der Waals surface area contributed by atoms with Crippen LogP contribution in [0.5, 0.6) is 0 Å². The highest BCUT2D eigenvalue weighted by molar-refractivity contribution is 7.89. The van der Waals surface area contributed by atoms with Gasteiger partial charge in [-0.3, -0.25) is 0 Å². The van der Waals surface area contributed by atoms with Crippen LogP contribution in [-0.4, -0.2) is 21.0 Å². The normalized spacial score (nSPS) is 13.2. The maximum atomic E-state index is 11.9. The van der Waals surface area contributed by atoms with Crippen LogP contribution in [0.1, 0.15) is 26.0 Å². The number of sulfonamides is 1. The summed E-state index contributed by atoms with van der Waals surface area (Å²) in [6.45, 7) is 4.97. The van der Waals surface area contributed by atoms with Crippen molar-refractivity contribution in [3.63, 3.8) is 0 Å². The predicted octanol–water partition coefficient (Wildman–Crippen LogP) is 1.08. The van der Waals surface area contributed by atoms with E-state index < -0.39 is 10.0 Å². The van der Waals surface area contributed by atoms with Gasteiger partial charge in [-0.1, -0.05) is 6.92 Å². The Morgan fingerprint density at radius 3 is 2.83 bits per heavy atom. The molecule has 1 rings (SSSR count). The SMILES string of the molecule is C#CCC(C)NS(=O)(=O)c1ccc(CNCC)o1. The molecule has 0 aliphatic rings. The number of hydrogen-bond donors (Lipinski definition) is 2. The first kappa shape index (κ1) is 14.8. The van der Waals surface area contributed by atoms with Gasteiger partial charge in [-0.05, 0) is 25.6 Å². The molecule has 6 heteroatoms. The van der Waals surface area contributed by atoms with Crippen molar-refractivity contribution in [2.75, 3.05) is 6.54 Å². The van der Waals surface area contributed by atoms with E-state index in [4.69, 9.17) is 10.8 Å². The molecule has 1 atom stereocenters. The number of terminal acetylenes is 1. The van der Waals surface area contributed by atoms with E-state index in [1.807, 2.05) is 6.92 Å². The minimum atomic E-state index is -3.63. The van der Waals surface area contributed by atoms with E-state index in [-0.39, 0.29) is 11.1 Å². The lowest BCUT2D eigenvalue weighted by molar-refractivity contribution is 0.400. The van der Waals surface area contributed by atoms with Crippen molar-refractivity contribution in [3.05, 3.63) is 17.9 Å². The summed E-state index contributed by atoms with van der Waals surface area (Å²) in [4.78, 5) is 0. The fourth-order valence-corrected chi connectivity index (χ4v) is 2.58. The Bertz CT molecular complexity index is 514. The molecule has 0 saturated carbocycles. The smallest absolute Gasteiger partial charge is 0.274 e. The molecule has 18 heavy (non-hydrogen) atoms. The summed E-state index contributed by atoms with van der Waals surface area (Å²) in [6.07, 6.45) is 5.47. The lowest BCUT2D eigenvalue weighted by Crippen LogP contribution is -2.32. The van der Waals surface area contributed by atoms with Gasteiger partial charge < -0.3 is 9.73 Å². The van der Waals surface area contributed by atoms with Gasteiger partial charge in [0.25, 0.3) is 10.0 Å². The van der Waals surface area contributed by atoms with E-state index in [0.29, 0.717) is 18.7 Å². The minimum Gasteiger partial charge on any atom is -0.447 e. The van der Waals surface area contributed by atoms with E-state index in [2.05, 4.69) is 16.0 Å². The van der Waals surface area contributed by atoms with Crippen LogP contribution in [0.15, 0.2) is 21.6 Å². The summed E-state index contributed by atoms with van der Waals surface area (Å²) in [5, 5.41) is 2.97. The molecular formula is C12H18N2O3S. The Labute approximate surface area is 108 Å². The summed E-state index contributed by atoms with van der Waals surface area (Å²) in [5.74, 6) is 2.99. The third kappa shape index (κ3) is 4.18. The predicted molar refractivity (Wildman–Crippen MR) is 69.3 cm³/mol.